The fraction of sp³-hybridized carbons (Fsp3) is 0.294. The second-order valence-electron chi connectivity index (χ2n) is 5.37. The van der Waals surface area contributed by atoms with Gasteiger partial charge in [0.05, 0.1) is 5.56 Å². The highest BCUT2D eigenvalue weighted by molar-refractivity contribution is 5.66. The van der Waals surface area contributed by atoms with Crippen molar-refractivity contribution in [2.24, 2.45) is 0 Å². The molecule has 1 nitrogen and oxygen atoms in total. The third-order valence-corrected chi connectivity index (χ3v) is 3.95. The summed E-state index contributed by atoms with van der Waals surface area (Å²) in [6.07, 6.45) is 0.958. The molecule has 0 spiro atoms. The van der Waals surface area contributed by atoms with Crippen molar-refractivity contribution in [2.45, 2.75) is 19.3 Å². The Labute approximate surface area is 117 Å². The van der Waals surface area contributed by atoms with Gasteiger partial charge in [0.25, 0.3) is 0 Å². The predicted molar refractivity (Wildman–Crippen MR) is 76.8 cm³/mol. The van der Waals surface area contributed by atoms with E-state index in [1.54, 1.807) is 0 Å². The van der Waals surface area contributed by atoms with E-state index in [4.69, 9.17) is 0 Å². The first-order valence-electron chi connectivity index (χ1n) is 6.94. The fourth-order valence-corrected chi connectivity index (χ4v) is 2.86. The molecule has 20 heavy (non-hydrogen) atoms. The van der Waals surface area contributed by atoms with Crippen LogP contribution in [0, 0.1) is 11.6 Å². The van der Waals surface area contributed by atoms with Crippen LogP contribution in [-0.4, -0.2) is 13.1 Å². The zero-order valence-corrected chi connectivity index (χ0v) is 11.4. The summed E-state index contributed by atoms with van der Waals surface area (Å²) in [7, 11) is 0. The molecule has 1 aliphatic heterocycles. The lowest BCUT2D eigenvalue weighted by Crippen LogP contribution is -2.18. The molecule has 1 N–H and O–H groups in total. The lowest BCUT2D eigenvalue weighted by atomic mass is 9.91. The van der Waals surface area contributed by atoms with Crippen LogP contribution in [0.25, 0.3) is 11.1 Å². The van der Waals surface area contributed by atoms with Crippen LogP contribution in [0.4, 0.5) is 8.78 Å². The quantitative estimate of drug-likeness (QED) is 0.831. The predicted octanol–water partition coefficient (Wildman–Crippen LogP) is 3.88. The van der Waals surface area contributed by atoms with Crippen LogP contribution in [0.1, 0.15) is 24.0 Å². The number of nitrogens with one attached hydrogen (secondary N) is 1. The van der Waals surface area contributed by atoms with Crippen LogP contribution < -0.4 is 5.32 Å². The maximum absolute atomic E-state index is 13.9. The molecule has 0 fully saturated rings. The van der Waals surface area contributed by atoms with Gasteiger partial charge in [0.2, 0.25) is 0 Å². The lowest BCUT2D eigenvalue weighted by Gasteiger charge is -2.15. The molecule has 0 radical (unpaired) electrons. The highest BCUT2D eigenvalue weighted by Crippen LogP contribution is 2.31. The second-order valence-corrected chi connectivity index (χ2v) is 5.37. The maximum Gasteiger partial charge on any atom is 0.133 e. The van der Waals surface area contributed by atoms with Gasteiger partial charge in [-0.1, -0.05) is 31.2 Å². The van der Waals surface area contributed by atoms with E-state index in [1.807, 2.05) is 18.2 Å². The SMILES string of the molecule is CC1CNCCc2ccc(-c3c(F)cccc3F)cc21. The third kappa shape index (κ3) is 2.34. The maximum atomic E-state index is 13.9. The van der Waals surface area contributed by atoms with Crippen molar-refractivity contribution in [1.29, 1.82) is 0 Å². The zero-order chi connectivity index (χ0) is 14.1. The molecular weight excluding hydrogens is 256 g/mol. The van der Waals surface area contributed by atoms with Gasteiger partial charge >= 0.3 is 0 Å². The van der Waals surface area contributed by atoms with Crippen molar-refractivity contribution in [3.63, 3.8) is 0 Å². The highest BCUT2D eigenvalue weighted by Gasteiger charge is 2.17. The van der Waals surface area contributed by atoms with Crippen molar-refractivity contribution in [3.05, 3.63) is 59.2 Å². The van der Waals surface area contributed by atoms with Gasteiger partial charge in [-0.05, 0) is 47.7 Å². The second kappa shape index (κ2) is 5.33. The fourth-order valence-electron chi connectivity index (χ4n) is 2.86. The van der Waals surface area contributed by atoms with Crippen LogP contribution in [0.5, 0.6) is 0 Å². The van der Waals surface area contributed by atoms with E-state index in [9.17, 15) is 8.78 Å². The summed E-state index contributed by atoms with van der Waals surface area (Å²) >= 11 is 0. The van der Waals surface area contributed by atoms with Crippen LogP contribution in [0.2, 0.25) is 0 Å². The monoisotopic (exact) mass is 273 g/mol. The molecule has 2 aromatic rings. The molecule has 2 aromatic carbocycles. The molecule has 0 saturated heterocycles. The number of hydrogen-bond acceptors (Lipinski definition) is 1. The molecular formula is C17H17F2N. The first-order chi connectivity index (χ1) is 9.66. The summed E-state index contributed by atoms with van der Waals surface area (Å²) in [6, 6.07) is 9.75. The first-order valence-corrected chi connectivity index (χ1v) is 6.94. The smallest absolute Gasteiger partial charge is 0.133 e. The van der Waals surface area contributed by atoms with Crippen LogP contribution in [0.3, 0.4) is 0 Å². The van der Waals surface area contributed by atoms with Gasteiger partial charge in [0, 0.05) is 6.54 Å². The van der Waals surface area contributed by atoms with E-state index < -0.39 is 11.6 Å². The van der Waals surface area contributed by atoms with Crippen LogP contribution in [-0.2, 0) is 6.42 Å². The minimum absolute atomic E-state index is 0.0692. The standard InChI is InChI=1S/C17H17F2N/c1-11-10-20-8-7-12-5-6-13(9-14(11)12)17-15(18)3-2-4-16(17)19/h2-6,9,11,20H,7-8,10H2,1H3. The highest BCUT2D eigenvalue weighted by atomic mass is 19.1. The van der Waals surface area contributed by atoms with Crippen LogP contribution >= 0.6 is 0 Å². The van der Waals surface area contributed by atoms with Gasteiger partial charge in [0.1, 0.15) is 11.6 Å². The Morgan fingerprint density at radius 2 is 1.85 bits per heavy atom. The van der Waals surface area contributed by atoms with Crippen molar-refractivity contribution in [1.82, 2.24) is 5.32 Å². The topological polar surface area (TPSA) is 12.0 Å². The molecule has 1 aliphatic rings. The molecule has 3 rings (SSSR count). The number of hydrogen-bond donors (Lipinski definition) is 1. The molecule has 0 aliphatic carbocycles. The van der Waals surface area contributed by atoms with Crippen molar-refractivity contribution >= 4 is 0 Å². The third-order valence-electron chi connectivity index (χ3n) is 3.95. The molecule has 3 heteroatoms. The Kier molecular flexibility index (Phi) is 3.53. The molecule has 1 unspecified atom stereocenters. The average Bonchev–Trinajstić information content (AvgIpc) is 2.61. The zero-order valence-electron chi connectivity index (χ0n) is 11.4. The van der Waals surface area contributed by atoms with Gasteiger partial charge in [-0.25, -0.2) is 8.78 Å². The Balaban J connectivity index is 2.12. The summed E-state index contributed by atoms with van der Waals surface area (Å²) in [4.78, 5) is 0. The summed E-state index contributed by atoms with van der Waals surface area (Å²) in [5, 5.41) is 3.38. The molecule has 0 saturated carbocycles. The molecule has 104 valence electrons. The molecule has 0 bridgehead atoms. The Morgan fingerprint density at radius 3 is 2.60 bits per heavy atom. The van der Waals surface area contributed by atoms with Crippen molar-refractivity contribution in [2.75, 3.05) is 13.1 Å². The molecule has 1 atom stereocenters. The minimum atomic E-state index is -0.510. The summed E-state index contributed by atoms with van der Waals surface area (Å²) in [5.41, 5.74) is 3.14. The number of fused-ring (bicyclic) bond motifs is 1. The average molecular weight is 273 g/mol. The van der Waals surface area contributed by atoms with E-state index in [1.165, 1.54) is 29.3 Å². The molecule has 0 aromatic heterocycles. The first kappa shape index (κ1) is 13.3. The van der Waals surface area contributed by atoms with E-state index >= 15 is 0 Å². The number of halogens is 2. The number of benzene rings is 2. The molecule has 0 amide bonds. The number of rotatable bonds is 1. The van der Waals surface area contributed by atoms with Gasteiger partial charge in [-0.2, -0.15) is 0 Å². The Morgan fingerprint density at radius 1 is 1.10 bits per heavy atom. The van der Waals surface area contributed by atoms with E-state index in [0.717, 1.165) is 19.5 Å². The summed E-state index contributed by atoms with van der Waals surface area (Å²) in [5.74, 6) is -0.670. The minimum Gasteiger partial charge on any atom is -0.316 e. The molecule has 1 heterocycles. The Bertz CT molecular complexity index is 617. The van der Waals surface area contributed by atoms with Gasteiger partial charge < -0.3 is 5.32 Å². The van der Waals surface area contributed by atoms with Gasteiger partial charge in [-0.3, -0.25) is 0 Å². The Hall–Kier alpha value is -1.74. The largest absolute Gasteiger partial charge is 0.316 e. The van der Waals surface area contributed by atoms with E-state index in [2.05, 4.69) is 12.2 Å². The van der Waals surface area contributed by atoms with Gasteiger partial charge in [0.15, 0.2) is 0 Å². The van der Waals surface area contributed by atoms with E-state index in [0.29, 0.717) is 11.5 Å². The summed E-state index contributed by atoms with van der Waals surface area (Å²) in [6.45, 7) is 3.99. The summed E-state index contributed by atoms with van der Waals surface area (Å²) < 4.78 is 27.8. The van der Waals surface area contributed by atoms with Crippen LogP contribution in [0.15, 0.2) is 36.4 Å². The normalized spacial score (nSPS) is 18.4. The van der Waals surface area contributed by atoms with E-state index in [-0.39, 0.29) is 5.56 Å². The van der Waals surface area contributed by atoms with Gasteiger partial charge in [-0.15, -0.1) is 0 Å². The van der Waals surface area contributed by atoms with Crippen molar-refractivity contribution < 1.29 is 8.78 Å². The van der Waals surface area contributed by atoms with Crippen molar-refractivity contribution in [3.8, 4) is 11.1 Å². The lowest BCUT2D eigenvalue weighted by molar-refractivity contribution is 0.589.